The Morgan fingerprint density at radius 1 is 1.18 bits per heavy atom. The normalized spacial score (nSPS) is 22.9. The van der Waals surface area contributed by atoms with E-state index in [0.29, 0.717) is 17.7 Å². The molecule has 184 valence electrons. The number of cyclic esters (lactones) is 1. The number of hydrogen-bond donors (Lipinski definition) is 2. The lowest BCUT2D eigenvalue weighted by atomic mass is 9.99. The van der Waals surface area contributed by atoms with Gasteiger partial charge >= 0.3 is 5.97 Å². The Bertz CT molecular complexity index is 953. The number of phenols is 2. The number of carbonyl (C=O) groups excluding carboxylic acids is 2. The van der Waals surface area contributed by atoms with Gasteiger partial charge in [-0.25, -0.2) is 4.79 Å². The lowest BCUT2D eigenvalue weighted by molar-refractivity contribution is -0.139. The molecule has 1 aromatic rings. The highest BCUT2D eigenvalue weighted by atomic mass is 16.6. The van der Waals surface area contributed by atoms with E-state index in [0.717, 1.165) is 51.1 Å². The largest absolute Gasteiger partial charge is 0.508 e. The van der Waals surface area contributed by atoms with Crippen molar-refractivity contribution >= 4 is 17.6 Å². The molecule has 1 fully saturated rings. The number of aromatic hydroxyl groups is 2. The van der Waals surface area contributed by atoms with Gasteiger partial charge in [-0.05, 0) is 62.7 Å². The van der Waals surface area contributed by atoms with E-state index < -0.39 is 5.97 Å². The minimum Gasteiger partial charge on any atom is -0.508 e. The molecule has 8 heteroatoms. The van der Waals surface area contributed by atoms with E-state index in [4.69, 9.17) is 9.57 Å². The Kier molecular flexibility index (Phi) is 9.55. The molecule has 0 bridgehead atoms. The second kappa shape index (κ2) is 12.8. The molecule has 0 radical (unpaired) electrons. The summed E-state index contributed by atoms with van der Waals surface area (Å²) in [6.07, 6.45) is 14.0. The fraction of sp³-hybridized carbons (Fsp3) is 0.500. The second-order valence-corrected chi connectivity index (χ2v) is 8.55. The lowest BCUT2D eigenvalue weighted by Crippen LogP contribution is -2.44. The molecule has 1 amide bonds. The van der Waals surface area contributed by atoms with Crippen LogP contribution >= 0.6 is 0 Å². The van der Waals surface area contributed by atoms with Gasteiger partial charge in [-0.1, -0.05) is 30.3 Å². The fourth-order valence-electron chi connectivity index (χ4n) is 4.31. The van der Waals surface area contributed by atoms with Gasteiger partial charge in [0.2, 0.25) is 0 Å². The van der Waals surface area contributed by atoms with Crippen molar-refractivity contribution in [3.05, 3.63) is 47.6 Å². The number of esters is 1. The predicted molar refractivity (Wildman–Crippen MR) is 129 cm³/mol. The van der Waals surface area contributed by atoms with Crippen molar-refractivity contribution in [2.75, 3.05) is 19.8 Å². The number of rotatable bonds is 4. The molecule has 2 N–H and O–H groups in total. The Labute approximate surface area is 200 Å². The summed E-state index contributed by atoms with van der Waals surface area (Å²) in [5, 5.41) is 24.5. The summed E-state index contributed by atoms with van der Waals surface area (Å²) in [4.78, 5) is 32.6. The van der Waals surface area contributed by atoms with Gasteiger partial charge < -0.3 is 24.7 Å². The molecular weight excluding hydrogens is 436 g/mol. The van der Waals surface area contributed by atoms with E-state index in [1.54, 1.807) is 6.08 Å². The van der Waals surface area contributed by atoms with Gasteiger partial charge in [0, 0.05) is 25.1 Å². The van der Waals surface area contributed by atoms with Crippen molar-refractivity contribution in [1.29, 1.82) is 0 Å². The van der Waals surface area contributed by atoms with Crippen molar-refractivity contribution in [3.8, 4) is 11.5 Å². The first-order valence-electron chi connectivity index (χ1n) is 12.0. The molecule has 0 aromatic heterocycles. The van der Waals surface area contributed by atoms with Crippen LogP contribution in [-0.4, -0.2) is 58.5 Å². The predicted octanol–water partition coefficient (Wildman–Crippen LogP) is 4.26. The number of hydrogen-bond acceptors (Lipinski definition) is 7. The standard InChI is InChI=1S/C26H34N2O6/c1-2-21-12-8-9-13-28(21)24(31)18-34-27-20-11-7-5-3-4-6-10-14-33-26(32)25-19(15-20)16-22(29)17-23(25)30/h4,6-7,11,16-17,21,29-30H,2-3,5,8-10,12-15,18H2,1H3/b6-4+,11-7+,27-20-. The van der Waals surface area contributed by atoms with Gasteiger partial charge in [0.1, 0.15) is 17.1 Å². The van der Waals surface area contributed by atoms with Crippen LogP contribution < -0.4 is 0 Å². The minimum absolute atomic E-state index is 0.0184. The van der Waals surface area contributed by atoms with E-state index in [2.05, 4.69) is 12.1 Å². The Morgan fingerprint density at radius 2 is 1.97 bits per heavy atom. The van der Waals surface area contributed by atoms with Crippen molar-refractivity contribution in [2.24, 2.45) is 5.16 Å². The Morgan fingerprint density at radius 3 is 2.79 bits per heavy atom. The van der Waals surface area contributed by atoms with Crippen molar-refractivity contribution in [2.45, 2.75) is 64.3 Å². The van der Waals surface area contributed by atoms with Crippen LogP contribution in [0.5, 0.6) is 11.5 Å². The van der Waals surface area contributed by atoms with Crippen LogP contribution in [0.2, 0.25) is 0 Å². The Hall–Kier alpha value is -3.29. The maximum Gasteiger partial charge on any atom is 0.342 e. The van der Waals surface area contributed by atoms with E-state index in [1.165, 1.54) is 6.07 Å². The topological polar surface area (TPSA) is 109 Å². The highest BCUT2D eigenvalue weighted by molar-refractivity contribution is 6.00. The quantitative estimate of drug-likeness (QED) is 0.387. The number of ether oxygens (including phenoxy) is 1. The summed E-state index contributed by atoms with van der Waals surface area (Å²) in [6.45, 7) is 2.83. The lowest BCUT2D eigenvalue weighted by Gasteiger charge is -2.34. The SMILES string of the molecule is CCC1CCCCN1C(=O)CO/N=C1/C=C/CC/C=C/CCOC(=O)c2c(O)cc(O)cc2C1. The third-order valence-corrected chi connectivity index (χ3v) is 6.04. The third-order valence-electron chi connectivity index (χ3n) is 6.04. The van der Waals surface area contributed by atoms with Gasteiger partial charge in [0.05, 0.1) is 12.3 Å². The van der Waals surface area contributed by atoms with Crippen LogP contribution in [0, 0.1) is 0 Å². The van der Waals surface area contributed by atoms with Gasteiger partial charge in [0.25, 0.3) is 5.91 Å². The molecule has 1 unspecified atom stereocenters. The molecule has 2 aliphatic heterocycles. The number of allylic oxidation sites excluding steroid dienone is 3. The number of nitrogens with zero attached hydrogens (tertiary/aromatic N) is 2. The van der Waals surface area contributed by atoms with Crippen LogP contribution in [0.4, 0.5) is 0 Å². The van der Waals surface area contributed by atoms with E-state index in [1.807, 2.05) is 23.1 Å². The molecule has 0 aliphatic carbocycles. The first kappa shape index (κ1) is 25.3. The zero-order valence-corrected chi connectivity index (χ0v) is 19.7. The summed E-state index contributed by atoms with van der Waals surface area (Å²) in [5.41, 5.74) is 0.796. The number of phenolic OH excluding ortho intramolecular Hbond substituents is 2. The van der Waals surface area contributed by atoms with Crippen LogP contribution in [0.15, 0.2) is 41.6 Å². The smallest absolute Gasteiger partial charge is 0.342 e. The summed E-state index contributed by atoms with van der Waals surface area (Å²) < 4.78 is 5.30. The van der Waals surface area contributed by atoms with Gasteiger partial charge in [0.15, 0.2) is 6.61 Å². The van der Waals surface area contributed by atoms with E-state index >= 15 is 0 Å². The highest BCUT2D eigenvalue weighted by Crippen LogP contribution is 2.29. The summed E-state index contributed by atoms with van der Waals surface area (Å²) >= 11 is 0. The number of amides is 1. The van der Waals surface area contributed by atoms with Crippen LogP contribution in [0.3, 0.4) is 0 Å². The van der Waals surface area contributed by atoms with Crippen LogP contribution in [0.1, 0.15) is 67.8 Å². The molecule has 34 heavy (non-hydrogen) atoms. The molecular formula is C26H34N2O6. The molecule has 1 saturated heterocycles. The average molecular weight is 471 g/mol. The first-order valence-corrected chi connectivity index (χ1v) is 12.0. The number of likely N-dealkylation sites (tertiary alicyclic amines) is 1. The number of carbonyl (C=O) groups is 2. The molecule has 0 saturated carbocycles. The minimum atomic E-state index is -0.673. The van der Waals surface area contributed by atoms with Crippen molar-refractivity contribution < 1.29 is 29.4 Å². The average Bonchev–Trinajstić information content (AvgIpc) is 2.81. The van der Waals surface area contributed by atoms with Crippen molar-refractivity contribution in [1.82, 2.24) is 4.90 Å². The summed E-state index contributed by atoms with van der Waals surface area (Å²) in [5.74, 6) is -1.31. The number of piperidine rings is 1. The molecule has 0 spiro atoms. The number of benzene rings is 1. The summed E-state index contributed by atoms with van der Waals surface area (Å²) in [7, 11) is 0. The zero-order valence-electron chi connectivity index (χ0n) is 19.7. The van der Waals surface area contributed by atoms with Gasteiger partial charge in [-0.3, -0.25) is 4.79 Å². The van der Waals surface area contributed by atoms with Gasteiger partial charge in [-0.2, -0.15) is 0 Å². The first-order chi connectivity index (χ1) is 16.5. The maximum absolute atomic E-state index is 12.7. The second-order valence-electron chi connectivity index (χ2n) is 8.55. The number of fused-ring (bicyclic) bond motifs is 1. The molecule has 8 nitrogen and oxygen atoms in total. The van der Waals surface area contributed by atoms with Gasteiger partial charge in [-0.15, -0.1) is 0 Å². The molecule has 2 aliphatic rings. The maximum atomic E-state index is 12.7. The fourth-order valence-corrected chi connectivity index (χ4v) is 4.31. The highest BCUT2D eigenvalue weighted by Gasteiger charge is 2.25. The molecule has 1 atom stereocenters. The van der Waals surface area contributed by atoms with Crippen LogP contribution in [-0.2, 0) is 20.8 Å². The summed E-state index contributed by atoms with van der Waals surface area (Å²) in [6, 6.07) is 2.74. The third kappa shape index (κ3) is 7.10. The van der Waals surface area contributed by atoms with E-state index in [-0.39, 0.29) is 48.6 Å². The number of oxime groups is 1. The van der Waals surface area contributed by atoms with Crippen LogP contribution in [0.25, 0.3) is 0 Å². The van der Waals surface area contributed by atoms with Crippen molar-refractivity contribution in [3.63, 3.8) is 0 Å². The molecule has 3 rings (SSSR count). The monoisotopic (exact) mass is 470 g/mol. The van der Waals surface area contributed by atoms with E-state index in [9.17, 15) is 19.8 Å². The molecule has 1 aromatic carbocycles. The zero-order chi connectivity index (χ0) is 24.3. The Balaban J connectivity index is 1.80. The molecule has 2 heterocycles.